The lowest BCUT2D eigenvalue weighted by molar-refractivity contribution is 0.572. The Bertz CT molecular complexity index is 991. The van der Waals surface area contributed by atoms with Gasteiger partial charge >= 0.3 is 5.69 Å². The molecule has 2 N–H and O–H groups in total. The lowest BCUT2D eigenvalue weighted by Crippen LogP contribution is -2.30. The minimum Gasteiger partial charge on any atom is -0.306 e. The number of fused-ring (bicyclic) bond motifs is 1. The van der Waals surface area contributed by atoms with Crippen LogP contribution in [0.2, 0.25) is 0 Å². The van der Waals surface area contributed by atoms with Gasteiger partial charge in [-0.15, -0.1) is 0 Å². The number of benzene rings is 2. The van der Waals surface area contributed by atoms with E-state index >= 15 is 0 Å². The first-order valence-electron chi connectivity index (χ1n) is 6.90. The summed E-state index contributed by atoms with van der Waals surface area (Å²) in [6.07, 6.45) is 0. The standard InChI is InChI=1S/C15H14BrN3O3S/c16-11-5-7-12(8-6-11)23(21,22)17-9-10-19-14-4-2-1-3-13(14)18-15(19)20/h1-8,17H,9-10H2,(H,18,20). The summed E-state index contributed by atoms with van der Waals surface area (Å²) >= 11 is 3.27. The van der Waals surface area contributed by atoms with Crippen LogP contribution in [-0.2, 0) is 16.6 Å². The Balaban J connectivity index is 1.75. The molecule has 0 aliphatic heterocycles. The molecule has 0 bridgehead atoms. The Labute approximate surface area is 141 Å². The lowest BCUT2D eigenvalue weighted by atomic mass is 10.3. The number of aromatic amines is 1. The van der Waals surface area contributed by atoms with Gasteiger partial charge in [0.25, 0.3) is 0 Å². The van der Waals surface area contributed by atoms with Gasteiger partial charge in [-0.25, -0.2) is 17.9 Å². The highest BCUT2D eigenvalue weighted by atomic mass is 79.9. The molecule has 1 aromatic heterocycles. The van der Waals surface area contributed by atoms with Crippen LogP contribution in [0.25, 0.3) is 11.0 Å². The summed E-state index contributed by atoms with van der Waals surface area (Å²) in [6.45, 7) is 0.374. The largest absolute Gasteiger partial charge is 0.326 e. The number of H-pyrrole nitrogens is 1. The molecule has 3 rings (SSSR count). The minimum atomic E-state index is -3.59. The third-order valence-corrected chi connectivity index (χ3v) is 5.44. The van der Waals surface area contributed by atoms with Crippen molar-refractivity contribution in [3.8, 4) is 0 Å². The molecule has 0 radical (unpaired) electrons. The van der Waals surface area contributed by atoms with Gasteiger partial charge in [0.1, 0.15) is 0 Å². The molecule has 3 aromatic rings. The number of halogens is 1. The summed E-state index contributed by atoms with van der Waals surface area (Å²) in [4.78, 5) is 14.9. The van der Waals surface area contributed by atoms with Gasteiger partial charge < -0.3 is 4.98 Å². The summed E-state index contributed by atoms with van der Waals surface area (Å²) in [6, 6.07) is 13.7. The van der Waals surface area contributed by atoms with Crippen LogP contribution in [0, 0.1) is 0 Å². The Hall–Kier alpha value is -1.90. The molecule has 0 amide bonds. The molecule has 0 spiro atoms. The van der Waals surface area contributed by atoms with Gasteiger partial charge in [0.05, 0.1) is 15.9 Å². The van der Waals surface area contributed by atoms with Crippen LogP contribution < -0.4 is 10.4 Å². The average Bonchev–Trinajstić information content (AvgIpc) is 2.84. The van der Waals surface area contributed by atoms with Gasteiger partial charge in [0.15, 0.2) is 0 Å². The average molecular weight is 396 g/mol. The van der Waals surface area contributed by atoms with E-state index in [9.17, 15) is 13.2 Å². The van der Waals surface area contributed by atoms with E-state index in [1.165, 1.54) is 16.7 Å². The summed E-state index contributed by atoms with van der Waals surface area (Å²) < 4.78 is 29.2. The normalized spacial score (nSPS) is 11.9. The second-order valence-electron chi connectivity index (χ2n) is 4.95. The maximum atomic E-state index is 12.2. The maximum Gasteiger partial charge on any atom is 0.326 e. The fourth-order valence-electron chi connectivity index (χ4n) is 2.32. The number of rotatable bonds is 5. The second kappa shape index (κ2) is 6.31. The molecule has 0 aliphatic rings. The quantitative estimate of drug-likeness (QED) is 0.693. The summed E-state index contributed by atoms with van der Waals surface area (Å²) in [5.41, 5.74) is 1.22. The van der Waals surface area contributed by atoms with Crippen LogP contribution in [0.5, 0.6) is 0 Å². The summed E-state index contributed by atoms with van der Waals surface area (Å²) in [5.74, 6) is 0. The van der Waals surface area contributed by atoms with E-state index in [1.54, 1.807) is 18.2 Å². The molecule has 0 saturated heterocycles. The Morgan fingerprint density at radius 1 is 1.09 bits per heavy atom. The second-order valence-corrected chi connectivity index (χ2v) is 7.63. The predicted octanol–water partition coefficient (Wildman–Crippen LogP) is 2.07. The molecule has 0 saturated carbocycles. The Morgan fingerprint density at radius 3 is 2.52 bits per heavy atom. The molecule has 23 heavy (non-hydrogen) atoms. The van der Waals surface area contributed by atoms with Crippen molar-refractivity contribution in [2.75, 3.05) is 6.54 Å². The van der Waals surface area contributed by atoms with E-state index in [2.05, 4.69) is 25.6 Å². The number of nitrogens with zero attached hydrogens (tertiary/aromatic N) is 1. The number of aromatic nitrogens is 2. The van der Waals surface area contributed by atoms with Crippen LogP contribution in [0.1, 0.15) is 0 Å². The first-order chi connectivity index (χ1) is 11.0. The topological polar surface area (TPSA) is 84.0 Å². The molecular weight excluding hydrogens is 382 g/mol. The van der Waals surface area contributed by atoms with E-state index in [4.69, 9.17) is 0 Å². The van der Waals surface area contributed by atoms with Crippen molar-refractivity contribution in [1.29, 1.82) is 0 Å². The van der Waals surface area contributed by atoms with E-state index < -0.39 is 10.0 Å². The molecule has 0 fully saturated rings. The zero-order chi connectivity index (χ0) is 16.4. The van der Waals surface area contributed by atoms with Gasteiger partial charge in [0, 0.05) is 17.6 Å². The maximum absolute atomic E-state index is 12.2. The van der Waals surface area contributed by atoms with Crippen LogP contribution in [-0.4, -0.2) is 24.5 Å². The smallest absolute Gasteiger partial charge is 0.306 e. The van der Waals surface area contributed by atoms with Crippen molar-refractivity contribution in [1.82, 2.24) is 14.3 Å². The first-order valence-corrected chi connectivity index (χ1v) is 9.18. The molecule has 120 valence electrons. The predicted molar refractivity (Wildman–Crippen MR) is 91.9 cm³/mol. The summed E-state index contributed by atoms with van der Waals surface area (Å²) in [5, 5.41) is 0. The summed E-state index contributed by atoms with van der Waals surface area (Å²) in [7, 11) is -3.59. The van der Waals surface area contributed by atoms with Crippen molar-refractivity contribution in [3.63, 3.8) is 0 Å². The van der Waals surface area contributed by atoms with Gasteiger partial charge in [0.2, 0.25) is 10.0 Å². The lowest BCUT2D eigenvalue weighted by Gasteiger charge is -2.07. The highest BCUT2D eigenvalue weighted by Gasteiger charge is 2.13. The monoisotopic (exact) mass is 395 g/mol. The third-order valence-electron chi connectivity index (χ3n) is 3.43. The number of hydrogen-bond acceptors (Lipinski definition) is 3. The van der Waals surface area contributed by atoms with Crippen molar-refractivity contribution in [2.45, 2.75) is 11.4 Å². The van der Waals surface area contributed by atoms with Gasteiger partial charge in [-0.05, 0) is 36.4 Å². The van der Waals surface area contributed by atoms with E-state index in [0.717, 1.165) is 15.5 Å². The zero-order valence-corrected chi connectivity index (χ0v) is 14.4. The fraction of sp³-hybridized carbons (Fsp3) is 0.133. The highest BCUT2D eigenvalue weighted by molar-refractivity contribution is 9.10. The first kappa shape index (κ1) is 16.0. The van der Waals surface area contributed by atoms with Crippen LogP contribution in [0.3, 0.4) is 0 Å². The van der Waals surface area contributed by atoms with Crippen molar-refractivity contribution >= 4 is 37.0 Å². The zero-order valence-electron chi connectivity index (χ0n) is 12.0. The number of nitrogens with one attached hydrogen (secondary N) is 2. The fourth-order valence-corrected chi connectivity index (χ4v) is 3.60. The van der Waals surface area contributed by atoms with E-state index in [-0.39, 0.29) is 23.7 Å². The number of hydrogen-bond donors (Lipinski definition) is 2. The Kier molecular flexibility index (Phi) is 4.38. The molecule has 0 unspecified atom stereocenters. The third kappa shape index (κ3) is 3.39. The van der Waals surface area contributed by atoms with Crippen LogP contribution >= 0.6 is 15.9 Å². The van der Waals surface area contributed by atoms with Gasteiger partial charge in [-0.1, -0.05) is 28.1 Å². The molecular formula is C15H14BrN3O3S. The molecule has 2 aromatic carbocycles. The van der Waals surface area contributed by atoms with Crippen LogP contribution in [0.15, 0.2) is 62.7 Å². The van der Waals surface area contributed by atoms with Crippen LogP contribution in [0.4, 0.5) is 0 Å². The van der Waals surface area contributed by atoms with Gasteiger partial charge in [-0.2, -0.15) is 0 Å². The molecule has 0 aliphatic carbocycles. The number of para-hydroxylation sites is 2. The SMILES string of the molecule is O=c1[nH]c2ccccc2n1CCNS(=O)(=O)c1ccc(Br)cc1. The minimum absolute atomic E-state index is 0.125. The molecule has 6 nitrogen and oxygen atoms in total. The number of imidazole rings is 1. The van der Waals surface area contributed by atoms with E-state index in [0.29, 0.717) is 0 Å². The Morgan fingerprint density at radius 2 is 1.78 bits per heavy atom. The van der Waals surface area contributed by atoms with E-state index in [1.807, 2.05) is 18.2 Å². The van der Waals surface area contributed by atoms with Crippen molar-refractivity contribution in [2.24, 2.45) is 0 Å². The molecule has 1 heterocycles. The molecule has 0 atom stereocenters. The molecule has 8 heteroatoms. The highest BCUT2D eigenvalue weighted by Crippen LogP contribution is 2.14. The van der Waals surface area contributed by atoms with Crippen molar-refractivity contribution in [3.05, 3.63) is 63.5 Å². The van der Waals surface area contributed by atoms with Gasteiger partial charge in [-0.3, -0.25) is 4.57 Å². The number of sulfonamides is 1. The van der Waals surface area contributed by atoms with Crippen molar-refractivity contribution < 1.29 is 8.42 Å².